The summed E-state index contributed by atoms with van der Waals surface area (Å²) in [5.41, 5.74) is 2.26. The Morgan fingerprint density at radius 2 is 1.87 bits per heavy atom. The van der Waals surface area contributed by atoms with Gasteiger partial charge in [-0.15, -0.1) is 0 Å². The molecule has 0 spiro atoms. The van der Waals surface area contributed by atoms with Crippen LogP contribution in [-0.2, 0) is 17.4 Å². The zero-order valence-corrected chi connectivity index (χ0v) is 20.4. The van der Waals surface area contributed by atoms with Gasteiger partial charge in [-0.25, -0.2) is 4.98 Å². The minimum Gasteiger partial charge on any atom is -0.484 e. The maximum Gasteiger partial charge on any atom is 0.416 e. The molecule has 4 heterocycles. The van der Waals surface area contributed by atoms with E-state index in [9.17, 15) is 18.0 Å². The molecule has 1 aliphatic heterocycles. The van der Waals surface area contributed by atoms with Gasteiger partial charge in [0, 0.05) is 25.4 Å². The molecule has 5 aromatic rings. The van der Waals surface area contributed by atoms with Crippen LogP contribution < -0.4 is 4.74 Å². The van der Waals surface area contributed by atoms with Gasteiger partial charge in [-0.2, -0.15) is 13.2 Å². The predicted octanol–water partition coefficient (Wildman–Crippen LogP) is 5.76. The Balaban J connectivity index is 1.35. The molecule has 2 aromatic carbocycles. The summed E-state index contributed by atoms with van der Waals surface area (Å²) in [7, 11) is 0. The molecule has 0 fully saturated rings. The van der Waals surface area contributed by atoms with Crippen molar-refractivity contribution in [3.63, 3.8) is 0 Å². The molecule has 0 saturated carbocycles. The number of nitrogens with zero attached hydrogens (tertiary/aromatic N) is 4. The van der Waals surface area contributed by atoms with Crippen LogP contribution in [0.15, 0.2) is 79.1 Å². The highest BCUT2D eigenvalue weighted by Gasteiger charge is 2.37. The molecule has 192 valence electrons. The van der Waals surface area contributed by atoms with Crippen LogP contribution in [0.4, 0.5) is 13.2 Å². The molecule has 0 radical (unpaired) electrons. The molecule has 3 aromatic heterocycles. The molecule has 0 saturated heterocycles. The van der Waals surface area contributed by atoms with E-state index in [-0.39, 0.29) is 18.2 Å². The lowest BCUT2D eigenvalue weighted by Gasteiger charge is -2.35. The molecule has 1 atom stereocenters. The highest BCUT2D eigenvalue weighted by molar-refractivity contribution is 5.84. The van der Waals surface area contributed by atoms with E-state index in [1.807, 2.05) is 61.5 Å². The zero-order valence-electron chi connectivity index (χ0n) is 20.4. The number of aromatic nitrogens is 3. The lowest BCUT2D eigenvalue weighted by atomic mass is 9.98. The number of hydrogen-bond donors (Lipinski definition) is 0. The highest BCUT2D eigenvalue weighted by Crippen LogP contribution is 2.37. The Morgan fingerprint density at radius 1 is 1.05 bits per heavy atom. The Morgan fingerprint density at radius 3 is 2.63 bits per heavy atom. The largest absolute Gasteiger partial charge is 0.484 e. The summed E-state index contributed by atoms with van der Waals surface area (Å²) in [6.07, 6.45) is -0.996. The maximum atomic E-state index is 13.5. The first kappa shape index (κ1) is 24.0. The van der Waals surface area contributed by atoms with Crippen molar-refractivity contribution in [2.45, 2.75) is 25.6 Å². The average Bonchev–Trinajstić information content (AvgIpc) is 3.29. The molecule has 6 nitrogen and oxygen atoms in total. The number of fused-ring (bicyclic) bond motifs is 4. The van der Waals surface area contributed by atoms with Crippen molar-refractivity contribution in [2.24, 2.45) is 0 Å². The number of hydrogen-bond acceptors (Lipinski definition) is 4. The van der Waals surface area contributed by atoms with Crippen LogP contribution in [0.3, 0.4) is 0 Å². The third-order valence-corrected chi connectivity index (χ3v) is 6.84. The predicted molar refractivity (Wildman–Crippen MR) is 136 cm³/mol. The number of amides is 1. The Kier molecular flexibility index (Phi) is 5.78. The number of rotatable bonds is 4. The summed E-state index contributed by atoms with van der Waals surface area (Å²) in [6, 6.07) is 18.7. The van der Waals surface area contributed by atoms with Gasteiger partial charge in [0.1, 0.15) is 17.4 Å². The molecule has 0 N–H and O–H groups in total. The number of pyridine rings is 2. The molecule has 9 heteroatoms. The fourth-order valence-corrected chi connectivity index (χ4v) is 4.96. The second-order valence-corrected chi connectivity index (χ2v) is 9.38. The first-order valence-electron chi connectivity index (χ1n) is 12.2. The van der Waals surface area contributed by atoms with Gasteiger partial charge in [-0.1, -0.05) is 36.4 Å². The fraction of sp³-hybridized carbons (Fsp3) is 0.207. The van der Waals surface area contributed by atoms with Crippen molar-refractivity contribution in [1.29, 1.82) is 0 Å². The van der Waals surface area contributed by atoms with Gasteiger partial charge in [0.15, 0.2) is 6.61 Å². The number of carbonyl (C=O) groups is 1. The van der Waals surface area contributed by atoms with Crippen molar-refractivity contribution in [3.05, 3.63) is 107 Å². The van der Waals surface area contributed by atoms with Crippen LogP contribution in [0.2, 0.25) is 0 Å². The summed E-state index contributed by atoms with van der Waals surface area (Å²) in [5, 5.41) is 2.08. The number of benzene rings is 2. The first-order valence-corrected chi connectivity index (χ1v) is 12.2. The molecular weight excluding hydrogens is 493 g/mol. The summed E-state index contributed by atoms with van der Waals surface area (Å²) < 4.78 is 47.5. The van der Waals surface area contributed by atoms with E-state index in [2.05, 4.69) is 9.97 Å². The number of ether oxygens (including phenoxy) is 1. The molecular formula is C29H23F3N4O2. The Labute approximate surface area is 216 Å². The maximum absolute atomic E-state index is 13.5. The standard InChI is InChI=1S/C29H23F3N4O2/c1-18-6-9-23(33-16-18)27-28-24(34-25-15-21(29(30,31)32)10-12-35(25)28)11-13-36(27)26(37)17-38-22-8-7-19-4-2-3-5-20(19)14-22/h2-10,12,14-16,27H,11,13,17H2,1H3. The van der Waals surface area contributed by atoms with Crippen molar-refractivity contribution in [2.75, 3.05) is 13.2 Å². The van der Waals surface area contributed by atoms with E-state index < -0.39 is 17.8 Å². The summed E-state index contributed by atoms with van der Waals surface area (Å²) in [4.78, 5) is 24.3. The Hall–Kier alpha value is -4.40. The topological polar surface area (TPSA) is 59.7 Å². The van der Waals surface area contributed by atoms with Crippen LogP contribution in [0.5, 0.6) is 5.75 Å². The smallest absolute Gasteiger partial charge is 0.416 e. The number of halogens is 3. The molecule has 1 unspecified atom stereocenters. The molecule has 0 bridgehead atoms. The molecule has 38 heavy (non-hydrogen) atoms. The minimum atomic E-state index is -4.48. The van der Waals surface area contributed by atoms with Crippen LogP contribution >= 0.6 is 0 Å². The summed E-state index contributed by atoms with van der Waals surface area (Å²) >= 11 is 0. The van der Waals surface area contributed by atoms with E-state index >= 15 is 0 Å². The van der Waals surface area contributed by atoms with E-state index in [1.54, 1.807) is 15.5 Å². The lowest BCUT2D eigenvalue weighted by molar-refractivity contribution is -0.137. The molecule has 6 rings (SSSR count). The zero-order chi connectivity index (χ0) is 26.4. The SMILES string of the molecule is Cc1ccc(C2c3c(nc4cc(C(F)(F)F)ccn34)CCN2C(=O)COc2ccc3ccccc3c2)nc1. The van der Waals surface area contributed by atoms with Gasteiger partial charge >= 0.3 is 6.18 Å². The van der Waals surface area contributed by atoms with Crippen LogP contribution in [0, 0.1) is 6.92 Å². The molecule has 1 amide bonds. The van der Waals surface area contributed by atoms with Crippen molar-refractivity contribution >= 4 is 22.3 Å². The second-order valence-electron chi connectivity index (χ2n) is 9.38. The van der Waals surface area contributed by atoms with Gasteiger partial charge in [0.2, 0.25) is 0 Å². The molecule has 0 aliphatic carbocycles. The van der Waals surface area contributed by atoms with E-state index in [1.165, 1.54) is 6.20 Å². The van der Waals surface area contributed by atoms with E-state index in [0.717, 1.165) is 28.5 Å². The van der Waals surface area contributed by atoms with Gasteiger partial charge in [-0.05, 0) is 53.6 Å². The number of aryl methyl sites for hydroxylation is 1. The van der Waals surface area contributed by atoms with Crippen LogP contribution in [0.1, 0.15) is 34.3 Å². The third kappa shape index (κ3) is 4.34. The van der Waals surface area contributed by atoms with Crippen molar-refractivity contribution in [1.82, 2.24) is 19.3 Å². The minimum absolute atomic E-state index is 0.184. The van der Waals surface area contributed by atoms with Gasteiger partial charge in [-0.3, -0.25) is 9.78 Å². The summed E-state index contributed by atoms with van der Waals surface area (Å²) in [5.74, 6) is 0.326. The summed E-state index contributed by atoms with van der Waals surface area (Å²) in [6.45, 7) is 2.06. The lowest BCUT2D eigenvalue weighted by Crippen LogP contribution is -2.43. The highest BCUT2D eigenvalue weighted by atomic mass is 19.4. The Bertz CT molecular complexity index is 1660. The van der Waals surface area contributed by atoms with Gasteiger partial charge < -0.3 is 14.0 Å². The second kappa shape index (κ2) is 9.16. The number of imidazole rings is 1. The van der Waals surface area contributed by atoms with E-state index in [0.29, 0.717) is 35.8 Å². The third-order valence-electron chi connectivity index (χ3n) is 6.84. The van der Waals surface area contributed by atoms with E-state index in [4.69, 9.17) is 4.74 Å². The average molecular weight is 517 g/mol. The van der Waals surface area contributed by atoms with Crippen LogP contribution in [-0.4, -0.2) is 38.3 Å². The van der Waals surface area contributed by atoms with Gasteiger partial charge in [0.05, 0.1) is 22.6 Å². The number of alkyl halides is 3. The molecule has 1 aliphatic rings. The normalized spacial score (nSPS) is 15.6. The number of carbonyl (C=O) groups excluding carboxylic acids is 1. The quantitative estimate of drug-likeness (QED) is 0.305. The van der Waals surface area contributed by atoms with Crippen LogP contribution in [0.25, 0.3) is 16.4 Å². The van der Waals surface area contributed by atoms with Crippen molar-refractivity contribution < 1.29 is 22.7 Å². The first-order chi connectivity index (χ1) is 18.3. The van der Waals surface area contributed by atoms with Gasteiger partial charge in [0.25, 0.3) is 5.91 Å². The van der Waals surface area contributed by atoms with Crippen molar-refractivity contribution in [3.8, 4) is 5.75 Å². The monoisotopic (exact) mass is 516 g/mol. The fourth-order valence-electron chi connectivity index (χ4n) is 4.96.